The minimum atomic E-state index is -0.550. The first-order chi connectivity index (χ1) is 11.4. The first-order valence-electron chi connectivity index (χ1n) is 8.63. The summed E-state index contributed by atoms with van der Waals surface area (Å²) in [4.78, 5) is 2.41. The quantitative estimate of drug-likeness (QED) is 0.850. The zero-order valence-electron chi connectivity index (χ0n) is 13.9. The summed E-state index contributed by atoms with van der Waals surface area (Å²) in [6.45, 7) is 4.78. The second-order valence-electron chi connectivity index (χ2n) is 7.07. The van der Waals surface area contributed by atoms with Crippen LogP contribution in [0.3, 0.4) is 0 Å². The lowest BCUT2D eigenvalue weighted by atomic mass is 10.0. The Balaban J connectivity index is 1.48. The maximum atomic E-state index is 9.66. The summed E-state index contributed by atoms with van der Waals surface area (Å²) in [6.07, 6.45) is 2.39. The van der Waals surface area contributed by atoms with E-state index in [0.717, 1.165) is 38.0 Å². The van der Waals surface area contributed by atoms with E-state index >= 15 is 0 Å². The van der Waals surface area contributed by atoms with Crippen LogP contribution in [0.2, 0.25) is 10.0 Å². The van der Waals surface area contributed by atoms with Gasteiger partial charge in [-0.05, 0) is 56.2 Å². The highest BCUT2D eigenvalue weighted by Crippen LogP contribution is 2.34. The van der Waals surface area contributed by atoms with Gasteiger partial charge in [0.25, 0.3) is 0 Å². The number of nitrogens with zero attached hydrogens (tertiary/aromatic N) is 1. The Morgan fingerprint density at radius 3 is 2.38 bits per heavy atom. The molecule has 0 unspecified atom stereocenters. The number of hydrogen-bond donors (Lipinski definition) is 2. The van der Waals surface area contributed by atoms with Crippen molar-refractivity contribution in [2.45, 2.75) is 50.9 Å². The molecule has 2 N–H and O–H groups in total. The van der Waals surface area contributed by atoms with Crippen LogP contribution in [0.25, 0.3) is 0 Å². The molecule has 0 spiro atoms. The van der Waals surface area contributed by atoms with Gasteiger partial charge in [0.05, 0.1) is 17.2 Å². The van der Waals surface area contributed by atoms with Gasteiger partial charge in [-0.15, -0.1) is 0 Å². The van der Waals surface area contributed by atoms with Crippen molar-refractivity contribution >= 4 is 23.2 Å². The van der Waals surface area contributed by atoms with Gasteiger partial charge in [-0.25, -0.2) is 0 Å². The molecule has 6 heteroatoms. The van der Waals surface area contributed by atoms with Crippen molar-refractivity contribution in [3.8, 4) is 5.75 Å². The summed E-state index contributed by atoms with van der Waals surface area (Å²) < 4.78 is 6.08. The molecule has 1 heterocycles. The normalized spacial score (nSPS) is 26.9. The van der Waals surface area contributed by atoms with Crippen LogP contribution in [-0.2, 0) is 0 Å². The monoisotopic (exact) mass is 373 g/mol. The van der Waals surface area contributed by atoms with Crippen LogP contribution < -0.4 is 4.74 Å². The van der Waals surface area contributed by atoms with E-state index in [0.29, 0.717) is 34.6 Å². The molecule has 0 bridgehead atoms. The molecular formula is C18H25Cl2NO3. The molecule has 0 aromatic heterocycles. The Labute approximate surface area is 153 Å². The van der Waals surface area contributed by atoms with Gasteiger partial charge < -0.3 is 19.8 Å². The second-order valence-corrected chi connectivity index (χ2v) is 7.86. The van der Waals surface area contributed by atoms with E-state index in [1.54, 1.807) is 0 Å². The maximum absolute atomic E-state index is 9.66. The van der Waals surface area contributed by atoms with Crippen LogP contribution >= 0.6 is 23.2 Å². The zero-order chi connectivity index (χ0) is 17.3. The Bertz CT molecular complexity index is 566. The molecule has 1 aliphatic heterocycles. The lowest BCUT2D eigenvalue weighted by Gasteiger charge is -2.33. The first-order valence-corrected chi connectivity index (χ1v) is 9.39. The molecule has 1 aliphatic carbocycles. The molecule has 0 amide bonds. The van der Waals surface area contributed by atoms with Crippen molar-refractivity contribution in [1.29, 1.82) is 0 Å². The molecule has 2 aliphatic rings. The average Bonchev–Trinajstić information content (AvgIpc) is 2.87. The van der Waals surface area contributed by atoms with Gasteiger partial charge >= 0.3 is 0 Å². The number of piperidine rings is 1. The highest BCUT2D eigenvalue weighted by molar-refractivity contribution is 6.36. The SMILES string of the molecule is Cc1c(Cl)ccc(OC2CCN(CC3C[C@H](O)[C@@H](O)C3)CC2)c1Cl. The van der Waals surface area contributed by atoms with Gasteiger partial charge in [-0.3, -0.25) is 0 Å². The summed E-state index contributed by atoms with van der Waals surface area (Å²) in [5.41, 5.74) is 0.853. The number of benzene rings is 1. The van der Waals surface area contributed by atoms with E-state index in [9.17, 15) is 10.2 Å². The Kier molecular flexibility index (Phi) is 5.94. The van der Waals surface area contributed by atoms with E-state index in [1.807, 2.05) is 19.1 Å². The topological polar surface area (TPSA) is 52.9 Å². The molecular weight excluding hydrogens is 349 g/mol. The first kappa shape index (κ1) is 18.3. The summed E-state index contributed by atoms with van der Waals surface area (Å²) >= 11 is 12.4. The smallest absolute Gasteiger partial charge is 0.138 e. The van der Waals surface area contributed by atoms with Crippen LogP contribution in [-0.4, -0.2) is 53.1 Å². The standard InChI is InChI=1S/C18H25Cl2NO3/c1-11-14(19)2-3-17(18(11)20)24-13-4-6-21(7-5-13)10-12-8-15(22)16(23)9-12/h2-3,12-13,15-16,22-23H,4-10H2,1H3/t15-,16-/m0/s1. The van der Waals surface area contributed by atoms with E-state index in [2.05, 4.69) is 4.90 Å². The van der Waals surface area contributed by atoms with Crippen molar-refractivity contribution in [3.05, 3.63) is 27.7 Å². The van der Waals surface area contributed by atoms with E-state index < -0.39 is 12.2 Å². The summed E-state index contributed by atoms with van der Waals surface area (Å²) in [6, 6.07) is 3.66. The van der Waals surface area contributed by atoms with Gasteiger partial charge in [0, 0.05) is 24.7 Å². The van der Waals surface area contributed by atoms with Crippen molar-refractivity contribution in [2.24, 2.45) is 5.92 Å². The molecule has 24 heavy (non-hydrogen) atoms. The molecule has 0 radical (unpaired) electrons. The van der Waals surface area contributed by atoms with Gasteiger partial charge in [0.15, 0.2) is 0 Å². The summed E-state index contributed by atoms with van der Waals surface area (Å²) in [7, 11) is 0. The fraction of sp³-hybridized carbons (Fsp3) is 0.667. The second kappa shape index (κ2) is 7.79. The van der Waals surface area contributed by atoms with Crippen LogP contribution in [0.15, 0.2) is 12.1 Å². The Morgan fingerprint density at radius 1 is 1.12 bits per heavy atom. The molecule has 134 valence electrons. The van der Waals surface area contributed by atoms with E-state index in [-0.39, 0.29) is 6.10 Å². The van der Waals surface area contributed by atoms with Crippen LogP contribution in [0.4, 0.5) is 0 Å². The minimum Gasteiger partial charge on any atom is -0.489 e. The van der Waals surface area contributed by atoms with Crippen molar-refractivity contribution in [2.75, 3.05) is 19.6 Å². The number of hydrogen-bond acceptors (Lipinski definition) is 4. The molecule has 1 aromatic carbocycles. The third-order valence-corrected chi connectivity index (χ3v) is 6.10. The largest absolute Gasteiger partial charge is 0.489 e. The maximum Gasteiger partial charge on any atom is 0.138 e. The predicted octanol–water partition coefficient (Wildman–Crippen LogP) is 3.28. The average molecular weight is 374 g/mol. The number of ether oxygens (including phenoxy) is 1. The molecule has 4 nitrogen and oxygen atoms in total. The Hall–Kier alpha value is -0.520. The van der Waals surface area contributed by atoms with Crippen molar-refractivity contribution in [3.63, 3.8) is 0 Å². The number of likely N-dealkylation sites (tertiary alicyclic amines) is 1. The van der Waals surface area contributed by atoms with E-state index in [4.69, 9.17) is 27.9 Å². The van der Waals surface area contributed by atoms with Crippen molar-refractivity contribution in [1.82, 2.24) is 4.90 Å². The van der Waals surface area contributed by atoms with Crippen LogP contribution in [0.1, 0.15) is 31.2 Å². The molecule has 1 saturated carbocycles. The summed E-state index contributed by atoms with van der Waals surface area (Å²) in [5, 5.41) is 20.6. The fourth-order valence-corrected chi connectivity index (χ4v) is 4.14. The third-order valence-electron chi connectivity index (χ3n) is 5.22. The molecule has 2 atom stereocenters. The van der Waals surface area contributed by atoms with Gasteiger partial charge in [0.1, 0.15) is 11.9 Å². The number of halogens is 2. The summed E-state index contributed by atoms with van der Waals surface area (Å²) in [5.74, 6) is 1.10. The molecule has 1 saturated heterocycles. The fourth-order valence-electron chi connectivity index (χ4n) is 3.72. The minimum absolute atomic E-state index is 0.166. The Morgan fingerprint density at radius 2 is 1.75 bits per heavy atom. The lowest BCUT2D eigenvalue weighted by Crippen LogP contribution is -2.40. The van der Waals surface area contributed by atoms with Gasteiger partial charge in [-0.2, -0.15) is 0 Å². The van der Waals surface area contributed by atoms with Gasteiger partial charge in [-0.1, -0.05) is 23.2 Å². The predicted molar refractivity (Wildman–Crippen MR) is 96.0 cm³/mol. The number of aliphatic hydroxyl groups is 2. The highest BCUT2D eigenvalue weighted by atomic mass is 35.5. The molecule has 1 aromatic rings. The molecule has 2 fully saturated rings. The van der Waals surface area contributed by atoms with Gasteiger partial charge in [0.2, 0.25) is 0 Å². The van der Waals surface area contributed by atoms with Crippen LogP contribution in [0.5, 0.6) is 5.75 Å². The number of aliphatic hydroxyl groups excluding tert-OH is 2. The number of rotatable bonds is 4. The zero-order valence-corrected chi connectivity index (χ0v) is 15.4. The molecule has 3 rings (SSSR count). The lowest BCUT2D eigenvalue weighted by molar-refractivity contribution is 0.0438. The van der Waals surface area contributed by atoms with E-state index in [1.165, 1.54) is 0 Å². The third kappa shape index (κ3) is 4.17. The van der Waals surface area contributed by atoms with Crippen molar-refractivity contribution < 1.29 is 14.9 Å². The highest BCUT2D eigenvalue weighted by Gasteiger charge is 2.33. The van der Waals surface area contributed by atoms with Crippen LogP contribution in [0, 0.1) is 12.8 Å².